The fourth-order valence-corrected chi connectivity index (χ4v) is 4.28. The minimum absolute atomic E-state index is 0.0858. The number of hydrogen-bond donors (Lipinski definition) is 2. The van der Waals surface area contributed by atoms with Crippen molar-refractivity contribution in [2.45, 2.75) is 37.9 Å². The highest BCUT2D eigenvalue weighted by Gasteiger charge is 2.29. The van der Waals surface area contributed by atoms with Crippen molar-refractivity contribution in [1.82, 2.24) is 15.5 Å². The molecule has 0 spiro atoms. The molecule has 3 aromatic carbocycles. The minimum Gasteiger partial charge on any atom is -0.343 e. The molecular formula is C28H31N3O2. The SMILES string of the molecule is CN(Cc1ccccc1)C(=O)[C@H](Cc1ccc(-c2ccccc2)cc1)NC(=O)[C@@H]1CCCN1. The summed E-state index contributed by atoms with van der Waals surface area (Å²) in [6, 6.07) is 27.5. The van der Waals surface area contributed by atoms with Crippen LogP contribution in [0.2, 0.25) is 0 Å². The number of carbonyl (C=O) groups excluding carboxylic acids is 2. The van der Waals surface area contributed by atoms with Crippen molar-refractivity contribution in [2.75, 3.05) is 13.6 Å². The molecule has 1 heterocycles. The lowest BCUT2D eigenvalue weighted by Gasteiger charge is -2.26. The average molecular weight is 442 g/mol. The van der Waals surface area contributed by atoms with E-state index in [0.717, 1.165) is 41.6 Å². The van der Waals surface area contributed by atoms with Crippen LogP contribution < -0.4 is 10.6 Å². The molecule has 1 fully saturated rings. The maximum atomic E-state index is 13.4. The predicted molar refractivity (Wildman–Crippen MR) is 131 cm³/mol. The summed E-state index contributed by atoms with van der Waals surface area (Å²) in [6.07, 6.45) is 2.23. The van der Waals surface area contributed by atoms with Gasteiger partial charge in [-0.3, -0.25) is 9.59 Å². The molecule has 5 nitrogen and oxygen atoms in total. The van der Waals surface area contributed by atoms with Gasteiger partial charge in [0.25, 0.3) is 0 Å². The molecule has 1 saturated heterocycles. The molecule has 0 aromatic heterocycles. The van der Waals surface area contributed by atoms with Gasteiger partial charge >= 0.3 is 0 Å². The second kappa shape index (κ2) is 10.9. The summed E-state index contributed by atoms with van der Waals surface area (Å²) in [5.74, 6) is -0.183. The molecule has 0 saturated carbocycles. The smallest absolute Gasteiger partial charge is 0.245 e. The van der Waals surface area contributed by atoms with Gasteiger partial charge in [-0.1, -0.05) is 84.9 Å². The molecule has 0 bridgehead atoms. The fourth-order valence-electron chi connectivity index (χ4n) is 4.28. The van der Waals surface area contributed by atoms with Crippen LogP contribution in [-0.2, 0) is 22.6 Å². The highest BCUT2D eigenvalue weighted by atomic mass is 16.2. The number of nitrogens with zero attached hydrogens (tertiary/aromatic N) is 1. The first-order chi connectivity index (χ1) is 16.1. The van der Waals surface area contributed by atoms with Crippen molar-refractivity contribution >= 4 is 11.8 Å². The normalized spacial score (nSPS) is 16.2. The van der Waals surface area contributed by atoms with E-state index in [-0.39, 0.29) is 17.9 Å². The largest absolute Gasteiger partial charge is 0.343 e. The van der Waals surface area contributed by atoms with E-state index in [1.807, 2.05) is 60.7 Å². The molecule has 5 heteroatoms. The summed E-state index contributed by atoms with van der Waals surface area (Å²) in [6.45, 7) is 1.34. The van der Waals surface area contributed by atoms with Gasteiger partial charge in [-0.25, -0.2) is 0 Å². The zero-order valence-corrected chi connectivity index (χ0v) is 19.0. The molecule has 1 aliphatic heterocycles. The van der Waals surface area contributed by atoms with Crippen LogP contribution >= 0.6 is 0 Å². The standard InChI is InChI=1S/C28H31N3O2/c1-31(20-22-9-4-2-5-10-22)28(33)26(30-27(32)25-13-8-18-29-25)19-21-14-16-24(17-15-21)23-11-6-3-7-12-23/h2-7,9-12,14-17,25-26,29H,8,13,18-20H2,1H3,(H,30,32)/t25-,26-/m0/s1. The Morgan fingerprint density at radius 3 is 2.18 bits per heavy atom. The molecule has 2 amide bonds. The average Bonchev–Trinajstić information content (AvgIpc) is 3.40. The van der Waals surface area contributed by atoms with Crippen LogP contribution in [0, 0.1) is 0 Å². The number of likely N-dealkylation sites (N-methyl/N-ethyl adjacent to an activating group) is 1. The number of amides is 2. The lowest BCUT2D eigenvalue weighted by molar-refractivity contribution is -0.136. The van der Waals surface area contributed by atoms with Crippen LogP contribution in [0.3, 0.4) is 0 Å². The number of carbonyl (C=O) groups is 2. The van der Waals surface area contributed by atoms with Crippen LogP contribution in [0.5, 0.6) is 0 Å². The molecule has 1 aliphatic rings. The number of nitrogens with one attached hydrogen (secondary N) is 2. The molecule has 0 aliphatic carbocycles. The zero-order chi connectivity index (χ0) is 23.0. The van der Waals surface area contributed by atoms with Crippen molar-refractivity contribution in [3.05, 3.63) is 96.1 Å². The Hall–Kier alpha value is -3.44. The zero-order valence-electron chi connectivity index (χ0n) is 19.0. The third-order valence-electron chi connectivity index (χ3n) is 6.13. The molecule has 4 rings (SSSR count). The van der Waals surface area contributed by atoms with Gasteiger partial charge in [-0.05, 0) is 41.6 Å². The van der Waals surface area contributed by atoms with Crippen molar-refractivity contribution in [3.63, 3.8) is 0 Å². The van der Waals surface area contributed by atoms with Crippen molar-refractivity contribution in [1.29, 1.82) is 0 Å². The van der Waals surface area contributed by atoms with Crippen molar-refractivity contribution < 1.29 is 9.59 Å². The Labute approximate surface area is 195 Å². The maximum absolute atomic E-state index is 13.4. The molecule has 0 unspecified atom stereocenters. The van der Waals surface area contributed by atoms with Gasteiger partial charge in [0.1, 0.15) is 6.04 Å². The van der Waals surface area contributed by atoms with Crippen LogP contribution in [0.25, 0.3) is 11.1 Å². The second-order valence-electron chi connectivity index (χ2n) is 8.66. The molecule has 170 valence electrons. The first kappa shape index (κ1) is 22.7. The Morgan fingerprint density at radius 1 is 0.909 bits per heavy atom. The van der Waals surface area contributed by atoms with E-state index in [1.54, 1.807) is 11.9 Å². The number of benzene rings is 3. The van der Waals surface area contributed by atoms with E-state index < -0.39 is 6.04 Å². The summed E-state index contributed by atoms with van der Waals surface area (Å²) in [5.41, 5.74) is 4.35. The van der Waals surface area contributed by atoms with Crippen LogP contribution in [0.1, 0.15) is 24.0 Å². The van der Waals surface area contributed by atoms with E-state index in [0.29, 0.717) is 13.0 Å². The molecule has 33 heavy (non-hydrogen) atoms. The third-order valence-corrected chi connectivity index (χ3v) is 6.13. The first-order valence-corrected chi connectivity index (χ1v) is 11.6. The summed E-state index contributed by atoms with van der Waals surface area (Å²) in [5, 5.41) is 6.25. The van der Waals surface area contributed by atoms with E-state index in [9.17, 15) is 9.59 Å². The van der Waals surface area contributed by atoms with Gasteiger partial charge in [0, 0.05) is 20.0 Å². The topological polar surface area (TPSA) is 61.4 Å². The van der Waals surface area contributed by atoms with Crippen LogP contribution in [-0.4, -0.2) is 42.4 Å². The summed E-state index contributed by atoms with van der Waals surface area (Å²) < 4.78 is 0. The first-order valence-electron chi connectivity index (χ1n) is 11.6. The van der Waals surface area contributed by atoms with Gasteiger partial charge < -0.3 is 15.5 Å². The van der Waals surface area contributed by atoms with E-state index in [2.05, 4.69) is 34.9 Å². The van der Waals surface area contributed by atoms with Gasteiger partial charge in [0.05, 0.1) is 6.04 Å². The van der Waals surface area contributed by atoms with E-state index in [4.69, 9.17) is 0 Å². The molecule has 0 radical (unpaired) electrons. The van der Waals surface area contributed by atoms with E-state index in [1.165, 1.54) is 0 Å². The fraction of sp³-hybridized carbons (Fsp3) is 0.286. The van der Waals surface area contributed by atoms with Crippen LogP contribution in [0.4, 0.5) is 0 Å². The molecular weight excluding hydrogens is 410 g/mol. The summed E-state index contributed by atoms with van der Waals surface area (Å²) in [4.78, 5) is 27.9. The van der Waals surface area contributed by atoms with Crippen molar-refractivity contribution in [3.8, 4) is 11.1 Å². The monoisotopic (exact) mass is 441 g/mol. The summed E-state index contributed by atoms with van der Waals surface area (Å²) >= 11 is 0. The Morgan fingerprint density at radius 2 is 1.55 bits per heavy atom. The molecule has 3 aromatic rings. The van der Waals surface area contributed by atoms with Gasteiger partial charge in [-0.2, -0.15) is 0 Å². The van der Waals surface area contributed by atoms with E-state index >= 15 is 0 Å². The van der Waals surface area contributed by atoms with Gasteiger partial charge in [0.2, 0.25) is 11.8 Å². The second-order valence-corrected chi connectivity index (χ2v) is 8.66. The van der Waals surface area contributed by atoms with Crippen molar-refractivity contribution in [2.24, 2.45) is 0 Å². The lowest BCUT2D eigenvalue weighted by Crippen LogP contribution is -2.52. The van der Waals surface area contributed by atoms with Crippen LogP contribution in [0.15, 0.2) is 84.9 Å². The number of rotatable bonds is 8. The highest BCUT2D eigenvalue weighted by molar-refractivity contribution is 5.90. The Kier molecular flexibility index (Phi) is 7.53. The molecule has 2 atom stereocenters. The van der Waals surface area contributed by atoms with Gasteiger partial charge in [0.15, 0.2) is 0 Å². The predicted octanol–water partition coefficient (Wildman–Crippen LogP) is 3.79. The number of hydrogen-bond acceptors (Lipinski definition) is 3. The maximum Gasteiger partial charge on any atom is 0.245 e. The lowest BCUT2D eigenvalue weighted by atomic mass is 9.99. The van der Waals surface area contributed by atoms with Gasteiger partial charge in [-0.15, -0.1) is 0 Å². The molecule has 2 N–H and O–H groups in total. The quantitative estimate of drug-likeness (QED) is 0.559. The third kappa shape index (κ3) is 6.08. The summed E-state index contributed by atoms with van der Waals surface area (Å²) in [7, 11) is 1.79. The highest BCUT2D eigenvalue weighted by Crippen LogP contribution is 2.20. The Bertz CT molecular complexity index is 1050. The Balaban J connectivity index is 1.49. The minimum atomic E-state index is -0.615.